The number of aliphatic carboxylic acids is 1. The van der Waals surface area contributed by atoms with Gasteiger partial charge in [-0.3, -0.25) is 24.0 Å². The Morgan fingerprint density at radius 1 is 0.778 bits per heavy atom. The molecule has 0 spiro atoms. The van der Waals surface area contributed by atoms with E-state index in [1.54, 1.807) is 0 Å². The average Bonchev–Trinajstić information content (AvgIpc) is 2.51. The van der Waals surface area contributed by atoms with Crippen molar-refractivity contribution in [2.24, 2.45) is 17.2 Å². The minimum absolute atomic E-state index is 0.624. The first-order valence-electron chi connectivity index (χ1n) is 7.81. The molecule has 13 heteroatoms. The Hall–Kier alpha value is -3.22. The van der Waals surface area contributed by atoms with Gasteiger partial charge in [-0.1, -0.05) is 0 Å². The van der Waals surface area contributed by atoms with Crippen LogP contribution in [0.3, 0.4) is 0 Å². The molecule has 0 aromatic rings. The minimum atomic E-state index is -1.66. The van der Waals surface area contributed by atoms with Crippen molar-refractivity contribution < 1.29 is 33.9 Å². The number of amides is 5. The van der Waals surface area contributed by atoms with Crippen LogP contribution in [-0.4, -0.2) is 64.8 Å². The summed E-state index contributed by atoms with van der Waals surface area (Å²) in [6, 6.07) is -5.17. The number of nitrogens with two attached hydrogens (primary N) is 3. The number of rotatable bonds is 11. The number of carboxylic acids is 1. The van der Waals surface area contributed by atoms with Crippen LogP contribution in [0.1, 0.15) is 26.7 Å². The summed E-state index contributed by atoms with van der Waals surface area (Å²) in [5, 5.41) is 15.4. The van der Waals surface area contributed by atoms with Gasteiger partial charge in [0, 0.05) is 0 Å². The maximum absolute atomic E-state index is 12.2. The summed E-state index contributed by atoms with van der Waals surface area (Å²) in [4.78, 5) is 68.9. The van der Waals surface area contributed by atoms with Gasteiger partial charge < -0.3 is 38.3 Å². The van der Waals surface area contributed by atoms with Gasteiger partial charge >= 0.3 is 5.97 Å². The number of carboxylic acid groups (broad SMARTS) is 1. The average molecular weight is 388 g/mol. The van der Waals surface area contributed by atoms with Crippen LogP contribution >= 0.6 is 0 Å². The molecular formula is C14H24N6O7. The van der Waals surface area contributed by atoms with E-state index in [9.17, 15) is 28.8 Å². The zero-order chi connectivity index (χ0) is 21.3. The molecule has 0 radical (unpaired) electrons. The first-order chi connectivity index (χ1) is 12.3. The highest BCUT2D eigenvalue weighted by molar-refractivity contribution is 5.96. The van der Waals surface area contributed by atoms with E-state index in [1.165, 1.54) is 13.8 Å². The zero-order valence-corrected chi connectivity index (χ0v) is 14.9. The second-order valence-corrected chi connectivity index (χ2v) is 5.82. The predicted octanol–water partition coefficient (Wildman–Crippen LogP) is -4.36. The molecule has 0 aliphatic heterocycles. The van der Waals surface area contributed by atoms with Crippen LogP contribution in [0.25, 0.3) is 0 Å². The molecule has 10 N–H and O–H groups in total. The number of hydrogen-bond acceptors (Lipinski definition) is 7. The SMILES string of the molecule is C[C@H](N)C(=O)N[C@@H](C)C(=O)N[C@@H](CC(N)=O)C(=O)N[C@@H](CC(N)=O)C(=O)O. The molecule has 0 rings (SSSR count). The largest absolute Gasteiger partial charge is 0.480 e. The maximum atomic E-state index is 12.2. The van der Waals surface area contributed by atoms with Gasteiger partial charge in [-0.2, -0.15) is 0 Å². The van der Waals surface area contributed by atoms with Gasteiger partial charge in [0.05, 0.1) is 18.9 Å². The summed E-state index contributed by atoms with van der Waals surface area (Å²) in [5.41, 5.74) is 15.3. The summed E-state index contributed by atoms with van der Waals surface area (Å²) in [6.07, 6.45) is -1.34. The molecule has 152 valence electrons. The zero-order valence-electron chi connectivity index (χ0n) is 14.9. The topological polar surface area (TPSA) is 237 Å². The van der Waals surface area contributed by atoms with Crippen molar-refractivity contribution >= 4 is 35.5 Å². The van der Waals surface area contributed by atoms with Crippen molar-refractivity contribution in [3.05, 3.63) is 0 Å². The molecule has 0 saturated carbocycles. The van der Waals surface area contributed by atoms with Gasteiger partial charge in [-0.05, 0) is 13.8 Å². The third-order valence-electron chi connectivity index (χ3n) is 3.22. The van der Waals surface area contributed by atoms with Gasteiger partial charge in [0.2, 0.25) is 29.5 Å². The lowest BCUT2D eigenvalue weighted by Gasteiger charge is -2.22. The molecular weight excluding hydrogens is 364 g/mol. The van der Waals surface area contributed by atoms with Crippen LogP contribution in [0.15, 0.2) is 0 Å². The van der Waals surface area contributed by atoms with E-state index in [2.05, 4.69) is 10.6 Å². The van der Waals surface area contributed by atoms with Gasteiger partial charge in [0.15, 0.2) is 0 Å². The Morgan fingerprint density at radius 3 is 1.63 bits per heavy atom. The second kappa shape index (κ2) is 10.7. The van der Waals surface area contributed by atoms with E-state index < -0.39 is 72.5 Å². The molecule has 0 bridgehead atoms. The van der Waals surface area contributed by atoms with Crippen molar-refractivity contribution in [2.75, 3.05) is 0 Å². The quantitative estimate of drug-likeness (QED) is 0.182. The number of primary amides is 2. The molecule has 0 heterocycles. The Kier molecular flexibility index (Phi) is 9.42. The van der Waals surface area contributed by atoms with Crippen molar-refractivity contribution in [1.82, 2.24) is 16.0 Å². The molecule has 13 nitrogen and oxygen atoms in total. The van der Waals surface area contributed by atoms with Gasteiger partial charge in [0.25, 0.3) is 0 Å². The Labute approximate surface area is 154 Å². The summed E-state index contributed by atoms with van der Waals surface area (Å²) >= 11 is 0. The normalized spacial score (nSPS) is 14.8. The lowest BCUT2D eigenvalue weighted by Crippen LogP contribution is -2.57. The van der Waals surface area contributed by atoms with Crippen LogP contribution in [0, 0.1) is 0 Å². The fourth-order valence-electron chi connectivity index (χ4n) is 1.79. The lowest BCUT2D eigenvalue weighted by atomic mass is 10.1. The second-order valence-electron chi connectivity index (χ2n) is 5.82. The van der Waals surface area contributed by atoms with Gasteiger partial charge in [-0.15, -0.1) is 0 Å². The molecule has 0 aromatic heterocycles. The predicted molar refractivity (Wildman–Crippen MR) is 90.4 cm³/mol. The molecule has 0 aromatic carbocycles. The van der Waals surface area contributed by atoms with Crippen LogP contribution in [-0.2, 0) is 28.8 Å². The smallest absolute Gasteiger partial charge is 0.326 e. The Bertz CT molecular complexity index is 621. The molecule has 5 amide bonds. The number of hydrogen-bond donors (Lipinski definition) is 7. The Morgan fingerprint density at radius 2 is 1.22 bits per heavy atom. The van der Waals surface area contributed by atoms with E-state index in [-0.39, 0.29) is 0 Å². The number of carbonyl (C=O) groups excluding carboxylic acids is 5. The van der Waals surface area contributed by atoms with Crippen LogP contribution in [0.5, 0.6) is 0 Å². The number of nitrogens with one attached hydrogen (secondary N) is 3. The van der Waals surface area contributed by atoms with E-state index in [0.717, 1.165) is 0 Å². The first-order valence-corrected chi connectivity index (χ1v) is 7.81. The van der Waals surface area contributed by atoms with E-state index in [1.807, 2.05) is 5.32 Å². The fourth-order valence-corrected chi connectivity index (χ4v) is 1.79. The number of carbonyl (C=O) groups is 6. The Balaban J connectivity index is 5.14. The van der Waals surface area contributed by atoms with E-state index in [4.69, 9.17) is 22.3 Å². The molecule has 0 aliphatic carbocycles. The van der Waals surface area contributed by atoms with Crippen molar-refractivity contribution in [2.45, 2.75) is 50.9 Å². The van der Waals surface area contributed by atoms with Gasteiger partial charge in [-0.25, -0.2) is 4.79 Å². The van der Waals surface area contributed by atoms with Crippen LogP contribution in [0.2, 0.25) is 0 Å². The summed E-state index contributed by atoms with van der Waals surface area (Å²) < 4.78 is 0. The third-order valence-corrected chi connectivity index (χ3v) is 3.22. The van der Waals surface area contributed by atoms with Crippen molar-refractivity contribution in [1.29, 1.82) is 0 Å². The molecule has 0 aliphatic rings. The monoisotopic (exact) mass is 388 g/mol. The summed E-state index contributed by atoms with van der Waals surface area (Å²) in [7, 11) is 0. The standard InChI is InChI=1S/C14H24N6O7/c1-5(15)11(23)18-6(2)12(24)19-7(3-9(16)21)13(25)20-8(14(26)27)4-10(17)22/h5-8H,3-4,15H2,1-2H3,(H2,16,21)(H2,17,22)(H,18,23)(H,19,24)(H,20,25)(H,26,27)/t5-,6-,7-,8-/m0/s1. The molecule has 4 atom stereocenters. The van der Waals surface area contributed by atoms with Crippen molar-refractivity contribution in [3.8, 4) is 0 Å². The molecule has 0 fully saturated rings. The molecule has 0 unspecified atom stereocenters. The molecule has 0 saturated heterocycles. The third kappa shape index (κ3) is 9.15. The summed E-state index contributed by atoms with van der Waals surface area (Å²) in [5.74, 6) is -6.01. The van der Waals surface area contributed by atoms with E-state index in [0.29, 0.717) is 0 Å². The highest BCUT2D eigenvalue weighted by atomic mass is 16.4. The van der Waals surface area contributed by atoms with Crippen LogP contribution < -0.4 is 33.2 Å². The highest BCUT2D eigenvalue weighted by Gasteiger charge is 2.30. The first kappa shape index (κ1) is 23.8. The van der Waals surface area contributed by atoms with Gasteiger partial charge in [0.1, 0.15) is 18.1 Å². The highest BCUT2D eigenvalue weighted by Crippen LogP contribution is 1.99. The maximum Gasteiger partial charge on any atom is 0.326 e. The lowest BCUT2D eigenvalue weighted by molar-refractivity contribution is -0.144. The minimum Gasteiger partial charge on any atom is -0.480 e. The van der Waals surface area contributed by atoms with Crippen LogP contribution in [0.4, 0.5) is 0 Å². The summed E-state index contributed by atoms with van der Waals surface area (Å²) in [6.45, 7) is 2.70. The van der Waals surface area contributed by atoms with E-state index >= 15 is 0 Å². The van der Waals surface area contributed by atoms with Crippen molar-refractivity contribution in [3.63, 3.8) is 0 Å². The fraction of sp³-hybridized carbons (Fsp3) is 0.571. The molecule has 27 heavy (non-hydrogen) atoms.